The van der Waals surface area contributed by atoms with E-state index in [-0.39, 0.29) is 12.1 Å². The van der Waals surface area contributed by atoms with Gasteiger partial charge in [0.25, 0.3) is 0 Å². The van der Waals surface area contributed by atoms with Crippen LogP contribution in [0.25, 0.3) is 0 Å². The van der Waals surface area contributed by atoms with E-state index in [1.807, 2.05) is 25.7 Å². The van der Waals surface area contributed by atoms with Crippen molar-refractivity contribution in [2.75, 3.05) is 13.1 Å². The molecule has 0 spiro atoms. The summed E-state index contributed by atoms with van der Waals surface area (Å²) < 4.78 is 0. The first-order valence-corrected chi connectivity index (χ1v) is 5.52. The van der Waals surface area contributed by atoms with E-state index < -0.39 is 0 Å². The Balaban J connectivity index is 3.93. The fraction of sp³-hybridized carbons (Fsp3) is 0.909. The van der Waals surface area contributed by atoms with Crippen molar-refractivity contribution in [3.8, 4) is 0 Å². The van der Waals surface area contributed by atoms with Crippen LogP contribution in [0.4, 0.5) is 4.79 Å². The number of hydrogen-bond acceptors (Lipinski definition) is 1. The second kappa shape index (κ2) is 6.68. The van der Waals surface area contributed by atoms with Gasteiger partial charge in [-0.3, -0.25) is 0 Å². The second-order valence-electron chi connectivity index (χ2n) is 4.37. The molecule has 0 rings (SSSR count). The molecule has 0 aliphatic rings. The van der Waals surface area contributed by atoms with E-state index in [2.05, 4.69) is 19.2 Å². The average molecular weight is 200 g/mol. The minimum Gasteiger partial charge on any atom is -0.336 e. The highest BCUT2D eigenvalue weighted by Crippen LogP contribution is 2.02. The molecular weight excluding hydrogens is 176 g/mol. The van der Waals surface area contributed by atoms with Crippen LogP contribution in [0.5, 0.6) is 0 Å². The van der Waals surface area contributed by atoms with Crippen molar-refractivity contribution >= 4 is 6.03 Å². The maximum Gasteiger partial charge on any atom is 0.317 e. The zero-order chi connectivity index (χ0) is 11.1. The summed E-state index contributed by atoms with van der Waals surface area (Å²) >= 11 is 0. The van der Waals surface area contributed by atoms with Gasteiger partial charge in [-0.1, -0.05) is 13.8 Å². The van der Waals surface area contributed by atoms with Gasteiger partial charge >= 0.3 is 6.03 Å². The summed E-state index contributed by atoms with van der Waals surface area (Å²) in [7, 11) is 0. The lowest BCUT2D eigenvalue weighted by atomic mass is 10.1. The number of nitrogens with zero attached hydrogens (tertiary/aromatic N) is 1. The molecule has 1 N–H and O–H groups in total. The number of hydrogen-bond donors (Lipinski definition) is 1. The van der Waals surface area contributed by atoms with Crippen LogP contribution in [0, 0.1) is 5.92 Å². The van der Waals surface area contributed by atoms with E-state index in [0.717, 1.165) is 19.5 Å². The normalized spacial score (nSPS) is 10.8. The number of carbonyl (C=O) groups is 1. The van der Waals surface area contributed by atoms with Crippen molar-refractivity contribution in [2.45, 2.75) is 47.1 Å². The van der Waals surface area contributed by atoms with Gasteiger partial charge in [0.05, 0.1) is 0 Å². The Morgan fingerprint density at radius 2 is 1.86 bits per heavy atom. The van der Waals surface area contributed by atoms with E-state index in [1.54, 1.807) is 0 Å². The van der Waals surface area contributed by atoms with Gasteiger partial charge in [-0.2, -0.15) is 0 Å². The summed E-state index contributed by atoms with van der Waals surface area (Å²) in [5.41, 5.74) is 0. The molecular formula is C11H24N2O. The van der Waals surface area contributed by atoms with Gasteiger partial charge in [0, 0.05) is 19.1 Å². The number of rotatable bonds is 5. The molecule has 0 heterocycles. The van der Waals surface area contributed by atoms with Crippen LogP contribution < -0.4 is 5.32 Å². The van der Waals surface area contributed by atoms with Crippen LogP contribution in [0.15, 0.2) is 0 Å². The average Bonchev–Trinajstić information content (AvgIpc) is 2.03. The van der Waals surface area contributed by atoms with Crippen LogP contribution in [0.3, 0.4) is 0 Å². The topological polar surface area (TPSA) is 32.3 Å². The molecule has 0 saturated heterocycles. The van der Waals surface area contributed by atoms with Crippen LogP contribution in [0.1, 0.15) is 41.0 Å². The first-order valence-electron chi connectivity index (χ1n) is 5.52. The third-order valence-electron chi connectivity index (χ3n) is 2.06. The highest BCUT2D eigenvalue weighted by Gasteiger charge is 2.11. The summed E-state index contributed by atoms with van der Waals surface area (Å²) in [6.45, 7) is 12.0. The minimum absolute atomic E-state index is 0.0585. The van der Waals surface area contributed by atoms with Gasteiger partial charge in [-0.15, -0.1) is 0 Å². The third-order valence-corrected chi connectivity index (χ3v) is 2.06. The molecule has 0 aromatic heterocycles. The predicted octanol–water partition coefficient (Wildman–Crippen LogP) is 2.47. The molecule has 0 atom stereocenters. The van der Waals surface area contributed by atoms with Crippen LogP contribution >= 0.6 is 0 Å². The van der Waals surface area contributed by atoms with Gasteiger partial charge in [-0.05, 0) is 33.1 Å². The van der Waals surface area contributed by atoms with Crippen LogP contribution in [0.2, 0.25) is 0 Å². The predicted molar refractivity (Wildman–Crippen MR) is 60.4 cm³/mol. The van der Waals surface area contributed by atoms with Crippen molar-refractivity contribution in [2.24, 2.45) is 5.92 Å². The van der Waals surface area contributed by atoms with Gasteiger partial charge in [-0.25, -0.2) is 4.79 Å². The molecule has 0 aliphatic carbocycles. The molecule has 3 nitrogen and oxygen atoms in total. The number of amides is 2. The maximum atomic E-state index is 11.6. The Kier molecular flexibility index (Phi) is 6.34. The fourth-order valence-electron chi connectivity index (χ4n) is 1.16. The zero-order valence-electron chi connectivity index (χ0n) is 10.1. The molecule has 0 fully saturated rings. The molecule has 3 heteroatoms. The van der Waals surface area contributed by atoms with Crippen molar-refractivity contribution in [3.63, 3.8) is 0 Å². The van der Waals surface area contributed by atoms with Gasteiger partial charge in [0.1, 0.15) is 0 Å². The van der Waals surface area contributed by atoms with Crippen molar-refractivity contribution < 1.29 is 4.79 Å². The summed E-state index contributed by atoms with van der Waals surface area (Å²) in [6, 6.07) is 0.277. The van der Waals surface area contributed by atoms with E-state index in [1.165, 1.54) is 0 Å². The summed E-state index contributed by atoms with van der Waals surface area (Å²) in [5, 5.41) is 2.90. The summed E-state index contributed by atoms with van der Waals surface area (Å²) in [5.74, 6) is 0.649. The molecule has 0 aliphatic heterocycles. The number of carbonyl (C=O) groups excluding carboxylic acids is 1. The molecule has 0 aromatic rings. The van der Waals surface area contributed by atoms with Gasteiger partial charge in [0.15, 0.2) is 0 Å². The monoisotopic (exact) mass is 200 g/mol. The summed E-state index contributed by atoms with van der Waals surface area (Å²) in [6.07, 6.45) is 1.07. The molecule has 0 bridgehead atoms. The smallest absolute Gasteiger partial charge is 0.317 e. The lowest BCUT2D eigenvalue weighted by Crippen LogP contribution is -2.43. The number of nitrogens with one attached hydrogen (secondary N) is 1. The Hall–Kier alpha value is -0.730. The maximum absolute atomic E-state index is 11.6. The van der Waals surface area contributed by atoms with E-state index in [9.17, 15) is 4.79 Å². The molecule has 0 radical (unpaired) electrons. The molecule has 84 valence electrons. The zero-order valence-corrected chi connectivity index (χ0v) is 10.1. The third kappa shape index (κ3) is 5.84. The molecule has 0 saturated carbocycles. The fourth-order valence-corrected chi connectivity index (χ4v) is 1.16. The Morgan fingerprint density at radius 1 is 1.29 bits per heavy atom. The first kappa shape index (κ1) is 13.3. The second-order valence-corrected chi connectivity index (χ2v) is 4.37. The van der Waals surface area contributed by atoms with Crippen molar-refractivity contribution in [1.29, 1.82) is 0 Å². The minimum atomic E-state index is 0.0585. The highest BCUT2D eigenvalue weighted by molar-refractivity contribution is 5.74. The Bertz CT molecular complexity index is 167. The largest absolute Gasteiger partial charge is 0.336 e. The standard InChI is InChI=1S/C11H24N2O/c1-6-13(8-7-9(2)3)11(14)12-10(4)5/h9-10H,6-8H2,1-5H3,(H,12,14). The highest BCUT2D eigenvalue weighted by atomic mass is 16.2. The quantitative estimate of drug-likeness (QED) is 0.726. The molecule has 2 amide bonds. The van der Waals surface area contributed by atoms with Crippen molar-refractivity contribution in [1.82, 2.24) is 10.2 Å². The van der Waals surface area contributed by atoms with Crippen molar-refractivity contribution in [3.05, 3.63) is 0 Å². The Labute approximate surface area is 87.9 Å². The molecule has 0 unspecified atom stereocenters. The summed E-state index contributed by atoms with van der Waals surface area (Å²) in [4.78, 5) is 13.5. The first-order chi connectivity index (χ1) is 6.47. The van der Waals surface area contributed by atoms with E-state index in [4.69, 9.17) is 0 Å². The van der Waals surface area contributed by atoms with E-state index in [0.29, 0.717) is 5.92 Å². The van der Waals surface area contributed by atoms with E-state index >= 15 is 0 Å². The van der Waals surface area contributed by atoms with Crippen LogP contribution in [-0.4, -0.2) is 30.1 Å². The number of urea groups is 1. The molecule has 14 heavy (non-hydrogen) atoms. The SMILES string of the molecule is CCN(CCC(C)C)C(=O)NC(C)C. The lowest BCUT2D eigenvalue weighted by Gasteiger charge is -2.23. The lowest BCUT2D eigenvalue weighted by molar-refractivity contribution is 0.195. The van der Waals surface area contributed by atoms with Gasteiger partial charge < -0.3 is 10.2 Å². The Morgan fingerprint density at radius 3 is 2.21 bits per heavy atom. The van der Waals surface area contributed by atoms with Crippen LogP contribution in [-0.2, 0) is 0 Å². The van der Waals surface area contributed by atoms with Gasteiger partial charge in [0.2, 0.25) is 0 Å². The molecule has 0 aromatic carbocycles.